The van der Waals surface area contributed by atoms with Crippen molar-refractivity contribution in [1.82, 2.24) is 9.80 Å². The highest BCUT2D eigenvalue weighted by Crippen LogP contribution is 2.43. The first kappa shape index (κ1) is 16.0. The number of likely N-dealkylation sites (tertiary alicyclic amines) is 1. The summed E-state index contributed by atoms with van der Waals surface area (Å²) < 4.78 is 1.01. The van der Waals surface area contributed by atoms with E-state index in [1.54, 1.807) is 0 Å². The van der Waals surface area contributed by atoms with Gasteiger partial charge in [0.25, 0.3) is 5.91 Å². The number of amides is 1. The maximum absolute atomic E-state index is 12.9. The Hall–Kier alpha value is -0.870. The fourth-order valence-corrected chi connectivity index (χ4v) is 4.73. The molecule has 1 aliphatic carbocycles. The van der Waals surface area contributed by atoms with Gasteiger partial charge in [-0.3, -0.25) is 9.69 Å². The third-order valence-corrected chi connectivity index (χ3v) is 6.23. The largest absolute Gasteiger partial charge is 0.337 e. The maximum atomic E-state index is 12.9. The molecule has 1 aromatic carbocycles. The fourth-order valence-electron chi connectivity index (χ4n) is 4.47. The van der Waals surface area contributed by atoms with Crippen molar-refractivity contribution in [3.63, 3.8) is 0 Å². The van der Waals surface area contributed by atoms with Gasteiger partial charge >= 0.3 is 0 Å². The second-order valence-corrected chi connectivity index (χ2v) is 7.73. The van der Waals surface area contributed by atoms with E-state index in [0.717, 1.165) is 23.0 Å². The molecule has 0 radical (unpaired) electrons. The van der Waals surface area contributed by atoms with Crippen LogP contribution in [0.15, 0.2) is 28.7 Å². The van der Waals surface area contributed by atoms with Crippen molar-refractivity contribution in [3.8, 4) is 0 Å². The van der Waals surface area contributed by atoms with Gasteiger partial charge in [-0.05, 0) is 63.5 Å². The highest BCUT2D eigenvalue weighted by atomic mass is 79.9. The molecule has 0 N–H and O–H groups in total. The zero-order chi connectivity index (χ0) is 15.7. The van der Waals surface area contributed by atoms with Gasteiger partial charge in [0.1, 0.15) is 0 Å². The Morgan fingerprint density at radius 1 is 1.23 bits per heavy atom. The van der Waals surface area contributed by atoms with Crippen LogP contribution >= 0.6 is 15.9 Å². The average molecular weight is 365 g/mol. The van der Waals surface area contributed by atoms with Gasteiger partial charge in [0, 0.05) is 22.6 Å². The summed E-state index contributed by atoms with van der Waals surface area (Å²) in [4.78, 5) is 17.4. The van der Waals surface area contributed by atoms with Crippen LogP contribution in [0.4, 0.5) is 0 Å². The lowest BCUT2D eigenvalue weighted by molar-refractivity contribution is 0.0158. The van der Waals surface area contributed by atoms with Crippen LogP contribution in [0.25, 0.3) is 0 Å². The van der Waals surface area contributed by atoms with E-state index >= 15 is 0 Å². The predicted molar refractivity (Wildman–Crippen MR) is 93.1 cm³/mol. The van der Waals surface area contributed by atoms with E-state index in [-0.39, 0.29) is 11.4 Å². The minimum atomic E-state index is 0.152. The molecule has 2 aliphatic rings. The molecule has 3 rings (SSSR count). The summed E-state index contributed by atoms with van der Waals surface area (Å²) in [6.07, 6.45) is 7.37. The smallest absolute Gasteiger partial charge is 0.253 e. The Balaban J connectivity index is 1.84. The van der Waals surface area contributed by atoms with E-state index in [1.165, 1.54) is 32.1 Å². The molecule has 0 unspecified atom stereocenters. The molecule has 1 saturated heterocycles. The number of benzene rings is 1. The van der Waals surface area contributed by atoms with Gasteiger partial charge in [-0.2, -0.15) is 0 Å². The van der Waals surface area contributed by atoms with Crippen LogP contribution in [0, 0.1) is 0 Å². The normalized spacial score (nSPS) is 29.0. The SMILES string of the molecule is CN(C(=O)c1ccc(Br)cc1)[C@H]1CCCC[C@@]12CCCN2C. The lowest BCUT2D eigenvalue weighted by Gasteiger charge is -2.49. The third-order valence-electron chi connectivity index (χ3n) is 5.70. The molecule has 120 valence electrons. The molecule has 1 aliphatic heterocycles. The van der Waals surface area contributed by atoms with Crippen LogP contribution in [0.5, 0.6) is 0 Å². The molecule has 4 heteroatoms. The Kier molecular flexibility index (Phi) is 4.60. The number of halogens is 1. The van der Waals surface area contributed by atoms with E-state index in [4.69, 9.17) is 0 Å². The van der Waals surface area contributed by atoms with Crippen molar-refractivity contribution in [3.05, 3.63) is 34.3 Å². The van der Waals surface area contributed by atoms with Crippen LogP contribution in [-0.4, -0.2) is 47.9 Å². The van der Waals surface area contributed by atoms with Gasteiger partial charge in [-0.25, -0.2) is 0 Å². The van der Waals surface area contributed by atoms with E-state index < -0.39 is 0 Å². The molecular formula is C18H25BrN2O. The summed E-state index contributed by atoms with van der Waals surface area (Å²) >= 11 is 3.43. The predicted octanol–water partition coefficient (Wildman–Crippen LogP) is 3.93. The van der Waals surface area contributed by atoms with Crippen LogP contribution in [-0.2, 0) is 0 Å². The summed E-state index contributed by atoms with van der Waals surface area (Å²) in [7, 11) is 4.23. The second kappa shape index (κ2) is 6.32. The summed E-state index contributed by atoms with van der Waals surface area (Å²) in [5.74, 6) is 0.152. The number of carbonyl (C=O) groups is 1. The molecule has 22 heavy (non-hydrogen) atoms. The third kappa shape index (κ3) is 2.71. The molecule has 0 aromatic heterocycles. The standard InChI is InChI=1S/C18H25BrN2O/c1-20-13-5-12-18(20)11-4-3-6-16(18)21(2)17(22)14-7-9-15(19)10-8-14/h7-10,16H,3-6,11-13H2,1-2H3/t16-,18+/m0/s1. The molecule has 2 fully saturated rings. The molecule has 1 amide bonds. The fraction of sp³-hybridized carbons (Fsp3) is 0.611. The van der Waals surface area contributed by atoms with Gasteiger partial charge in [-0.15, -0.1) is 0 Å². The Morgan fingerprint density at radius 3 is 2.55 bits per heavy atom. The van der Waals surface area contributed by atoms with Crippen LogP contribution in [0.2, 0.25) is 0 Å². The van der Waals surface area contributed by atoms with Gasteiger partial charge in [0.15, 0.2) is 0 Å². The number of rotatable bonds is 2. The molecule has 1 aromatic rings. The van der Waals surface area contributed by atoms with Crippen molar-refractivity contribution in [1.29, 1.82) is 0 Å². The zero-order valence-electron chi connectivity index (χ0n) is 13.5. The Bertz CT molecular complexity index is 545. The number of carbonyl (C=O) groups excluding carboxylic acids is 1. The van der Waals surface area contributed by atoms with E-state index in [0.29, 0.717) is 6.04 Å². The monoisotopic (exact) mass is 364 g/mol. The highest BCUT2D eigenvalue weighted by molar-refractivity contribution is 9.10. The summed E-state index contributed by atoms with van der Waals surface area (Å²) in [5, 5.41) is 0. The van der Waals surface area contributed by atoms with Gasteiger partial charge in [0.05, 0.1) is 6.04 Å². The van der Waals surface area contributed by atoms with Crippen molar-refractivity contribution >= 4 is 21.8 Å². The van der Waals surface area contributed by atoms with Gasteiger partial charge in [-0.1, -0.05) is 28.8 Å². The average Bonchev–Trinajstić information content (AvgIpc) is 2.88. The first-order valence-corrected chi connectivity index (χ1v) is 9.08. The quantitative estimate of drug-likeness (QED) is 0.793. The van der Waals surface area contributed by atoms with Crippen LogP contribution in [0.1, 0.15) is 48.9 Å². The summed E-state index contributed by atoms with van der Waals surface area (Å²) in [6, 6.07) is 8.05. The number of hydrogen-bond donors (Lipinski definition) is 0. The van der Waals surface area contributed by atoms with E-state index in [1.807, 2.05) is 36.2 Å². The van der Waals surface area contributed by atoms with Crippen molar-refractivity contribution in [2.24, 2.45) is 0 Å². The van der Waals surface area contributed by atoms with E-state index in [9.17, 15) is 4.79 Å². The lowest BCUT2D eigenvalue weighted by Crippen LogP contribution is -2.60. The van der Waals surface area contributed by atoms with Crippen LogP contribution in [0.3, 0.4) is 0 Å². The molecule has 2 atom stereocenters. The zero-order valence-corrected chi connectivity index (χ0v) is 15.1. The second-order valence-electron chi connectivity index (χ2n) is 6.81. The Morgan fingerprint density at radius 2 is 1.91 bits per heavy atom. The van der Waals surface area contributed by atoms with Crippen molar-refractivity contribution < 1.29 is 4.79 Å². The van der Waals surface area contributed by atoms with Crippen LogP contribution < -0.4 is 0 Å². The van der Waals surface area contributed by atoms with Crippen molar-refractivity contribution in [2.45, 2.75) is 50.1 Å². The van der Waals surface area contributed by atoms with E-state index in [2.05, 4.69) is 27.9 Å². The molecule has 3 nitrogen and oxygen atoms in total. The number of nitrogens with zero attached hydrogens (tertiary/aromatic N) is 2. The van der Waals surface area contributed by atoms with Gasteiger partial charge in [0.2, 0.25) is 0 Å². The molecular weight excluding hydrogens is 340 g/mol. The minimum absolute atomic E-state index is 0.152. The van der Waals surface area contributed by atoms with Crippen molar-refractivity contribution in [2.75, 3.05) is 20.6 Å². The number of likely N-dealkylation sites (N-methyl/N-ethyl adjacent to an activating group) is 2. The molecule has 1 heterocycles. The van der Waals surface area contributed by atoms with Gasteiger partial charge < -0.3 is 4.90 Å². The maximum Gasteiger partial charge on any atom is 0.253 e. The topological polar surface area (TPSA) is 23.6 Å². The molecule has 1 saturated carbocycles. The summed E-state index contributed by atoms with van der Waals surface area (Å²) in [6.45, 7) is 1.16. The molecule has 1 spiro atoms. The lowest BCUT2D eigenvalue weighted by atomic mass is 9.75. The highest BCUT2D eigenvalue weighted by Gasteiger charge is 2.48. The Labute approximate surface area is 141 Å². The minimum Gasteiger partial charge on any atom is -0.337 e. The summed E-state index contributed by atoms with van der Waals surface area (Å²) in [5.41, 5.74) is 0.991. The first-order chi connectivity index (χ1) is 10.5. The number of hydrogen-bond acceptors (Lipinski definition) is 2. The first-order valence-electron chi connectivity index (χ1n) is 8.28. The molecule has 0 bridgehead atoms.